The second-order valence-corrected chi connectivity index (χ2v) is 7.74. The zero-order chi connectivity index (χ0) is 22.3. The van der Waals surface area contributed by atoms with Crippen LogP contribution in [0.2, 0.25) is 0 Å². The predicted octanol–water partition coefficient (Wildman–Crippen LogP) is 4.51. The smallest absolute Gasteiger partial charge is 0.253 e. The second kappa shape index (κ2) is 10.3. The van der Waals surface area contributed by atoms with Gasteiger partial charge in [-0.05, 0) is 35.9 Å². The van der Waals surface area contributed by atoms with E-state index in [2.05, 4.69) is 0 Å². The molecule has 5 nitrogen and oxygen atoms in total. The van der Waals surface area contributed by atoms with Crippen LogP contribution in [0.5, 0.6) is 5.75 Å². The minimum Gasteiger partial charge on any atom is -0.496 e. The van der Waals surface area contributed by atoms with Gasteiger partial charge in [-0.3, -0.25) is 4.79 Å². The second-order valence-electron chi connectivity index (χ2n) is 7.74. The number of para-hydroxylation sites is 1. The number of ether oxygens (including phenoxy) is 2. The molecule has 0 aliphatic carbocycles. The molecular weight excluding hydrogens is 407 g/mol. The fourth-order valence-corrected chi connectivity index (χ4v) is 3.92. The van der Waals surface area contributed by atoms with Crippen LogP contribution in [0.15, 0.2) is 72.8 Å². The first-order valence-corrected chi connectivity index (χ1v) is 10.7. The van der Waals surface area contributed by atoms with Gasteiger partial charge in [0.25, 0.3) is 5.91 Å². The first kappa shape index (κ1) is 21.8. The minimum absolute atomic E-state index is 0.0369. The number of methoxy groups -OCH3 is 1. The first-order chi connectivity index (χ1) is 15.7. The molecule has 1 amide bonds. The molecule has 0 aromatic heterocycles. The van der Waals surface area contributed by atoms with Gasteiger partial charge >= 0.3 is 0 Å². The molecule has 0 radical (unpaired) electrons. The van der Waals surface area contributed by atoms with Gasteiger partial charge in [0, 0.05) is 37.3 Å². The zero-order valence-electron chi connectivity index (χ0n) is 18.2. The summed E-state index contributed by atoms with van der Waals surface area (Å²) in [5.41, 5.74) is 3.11. The average molecular weight is 435 g/mol. The molecule has 0 unspecified atom stereocenters. The molecule has 0 bridgehead atoms. The number of piperazine rings is 1. The van der Waals surface area contributed by atoms with Crippen molar-refractivity contribution in [3.8, 4) is 5.75 Å². The maximum Gasteiger partial charge on any atom is 0.253 e. The summed E-state index contributed by atoms with van der Waals surface area (Å²) in [4.78, 5) is 16.9. The quantitative estimate of drug-likeness (QED) is 0.549. The Balaban J connectivity index is 1.39. The molecule has 6 heteroatoms. The normalized spacial score (nSPS) is 13.8. The number of rotatable bonds is 7. The number of carbonyl (C=O) groups is 1. The number of benzene rings is 3. The summed E-state index contributed by atoms with van der Waals surface area (Å²) in [5, 5.41) is 0. The molecule has 166 valence electrons. The Labute approximate surface area is 188 Å². The van der Waals surface area contributed by atoms with Crippen molar-refractivity contribution in [2.24, 2.45) is 0 Å². The highest BCUT2D eigenvalue weighted by Gasteiger charge is 2.24. The largest absolute Gasteiger partial charge is 0.496 e. The molecule has 1 aliphatic heterocycles. The Morgan fingerprint density at radius 3 is 2.34 bits per heavy atom. The molecular formula is C26H27FN2O3. The Kier molecular flexibility index (Phi) is 7.02. The van der Waals surface area contributed by atoms with E-state index < -0.39 is 0 Å². The highest BCUT2D eigenvalue weighted by molar-refractivity contribution is 5.94. The van der Waals surface area contributed by atoms with E-state index in [-0.39, 0.29) is 11.7 Å². The van der Waals surface area contributed by atoms with E-state index in [1.165, 1.54) is 6.07 Å². The molecule has 0 spiro atoms. The highest BCUT2D eigenvalue weighted by Crippen LogP contribution is 2.24. The first-order valence-electron chi connectivity index (χ1n) is 10.7. The topological polar surface area (TPSA) is 42.0 Å². The molecule has 0 atom stereocenters. The highest BCUT2D eigenvalue weighted by atomic mass is 19.1. The monoisotopic (exact) mass is 434 g/mol. The molecule has 32 heavy (non-hydrogen) atoms. The van der Waals surface area contributed by atoms with Crippen molar-refractivity contribution in [1.82, 2.24) is 4.90 Å². The summed E-state index contributed by atoms with van der Waals surface area (Å²) in [5.74, 6) is 0.423. The van der Waals surface area contributed by atoms with E-state index in [0.717, 1.165) is 11.1 Å². The van der Waals surface area contributed by atoms with Gasteiger partial charge in [-0.25, -0.2) is 4.39 Å². The summed E-state index contributed by atoms with van der Waals surface area (Å²) in [6.45, 7) is 3.10. The molecule has 0 N–H and O–H groups in total. The van der Waals surface area contributed by atoms with Gasteiger partial charge in [-0.15, -0.1) is 0 Å². The third-order valence-corrected chi connectivity index (χ3v) is 5.66. The summed E-state index contributed by atoms with van der Waals surface area (Å²) < 4.78 is 25.4. The molecule has 1 heterocycles. The molecule has 3 aromatic carbocycles. The van der Waals surface area contributed by atoms with E-state index in [9.17, 15) is 9.18 Å². The number of hydrogen-bond donors (Lipinski definition) is 0. The number of hydrogen-bond acceptors (Lipinski definition) is 4. The van der Waals surface area contributed by atoms with Crippen LogP contribution in [-0.4, -0.2) is 44.1 Å². The zero-order valence-corrected chi connectivity index (χ0v) is 18.2. The minimum atomic E-state index is -0.234. The molecule has 4 rings (SSSR count). The van der Waals surface area contributed by atoms with Crippen LogP contribution in [0.4, 0.5) is 10.1 Å². The fourth-order valence-electron chi connectivity index (χ4n) is 3.92. The van der Waals surface area contributed by atoms with Crippen LogP contribution in [0.3, 0.4) is 0 Å². The van der Waals surface area contributed by atoms with Crippen LogP contribution in [0.1, 0.15) is 21.5 Å². The Hall–Kier alpha value is -3.38. The van der Waals surface area contributed by atoms with Gasteiger partial charge in [0.2, 0.25) is 0 Å². The van der Waals surface area contributed by atoms with Crippen molar-refractivity contribution in [2.75, 3.05) is 38.2 Å². The lowest BCUT2D eigenvalue weighted by molar-refractivity contribution is 0.0745. The Morgan fingerprint density at radius 1 is 0.906 bits per heavy atom. The molecule has 1 fully saturated rings. The number of anilines is 1. The average Bonchev–Trinajstić information content (AvgIpc) is 2.85. The van der Waals surface area contributed by atoms with Crippen molar-refractivity contribution in [3.05, 3.63) is 95.3 Å². The van der Waals surface area contributed by atoms with Crippen molar-refractivity contribution >= 4 is 11.6 Å². The van der Waals surface area contributed by atoms with Crippen LogP contribution in [0, 0.1) is 5.82 Å². The Bertz CT molecular complexity index is 1050. The maximum absolute atomic E-state index is 14.1. The van der Waals surface area contributed by atoms with Gasteiger partial charge in [0.05, 0.1) is 26.0 Å². The van der Waals surface area contributed by atoms with E-state index >= 15 is 0 Å². The van der Waals surface area contributed by atoms with E-state index in [0.29, 0.717) is 56.4 Å². The van der Waals surface area contributed by atoms with Gasteiger partial charge in [0.15, 0.2) is 0 Å². The van der Waals surface area contributed by atoms with E-state index in [1.54, 1.807) is 25.3 Å². The molecule has 3 aromatic rings. The number of nitrogens with zero attached hydrogens (tertiary/aromatic N) is 2. The SMILES string of the molecule is COc1ccc(C(=O)N2CCN(c3ccccc3F)CC2)cc1COCc1ccccc1. The third kappa shape index (κ3) is 5.08. The van der Waals surface area contributed by atoms with Crippen LogP contribution in [-0.2, 0) is 18.0 Å². The lowest BCUT2D eigenvalue weighted by Gasteiger charge is -2.36. The van der Waals surface area contributed by atoms with E-state index in [4.69, 9.17) is 9.47 Å². The standard InChI is InChI=1S/C26H27FN2O3/c1-31-25-12-11-21(17-22(25)19-32-18-20-7-3-2-4-8-20)26(30)29-15-13-28(14-16-29)24-10-6-5-9-23(24)27/h2-12,17H,13-16,18-19H2,1H3. The summed E-state index contributed by atoms with van der Waals surface area (Å²) in [7, 11) is 1.61. The van der Waals surface area contributed by atoms with Crippen LogP contribution < -0.4 is 9.64 Å². The van der Waals surface area contributed by atoms with Gasteiger partial charge in [-0.1, -0.05) is 42.5 Å². The number of carbonyl (C=O) groups excluding carboxylic acids is 1. The van der Waals surface area contributed by atoms with Crippen LogP contribution >= 0.6 is 0 Å². The number of amides is 1. The lowest BCUT2D eigenvalue weighted by Crippen LogP contribution is -2.49. The van der Waals surface area contributed by atoms with Gasteiger partial charge in [0.1, 0.15) is 11.6 Å². The fraction of sp³-hybridized carbons (Fsp3) is 0.269. The molecule has 1 saturated heterocycles. The molecule has 1 aliphatic rings. The summed E-state index contributed by atoms with van der Waals surface area (Å²) in [6, 6.07) is 22.1. The maximum atomic E-state index is 14.1. The lowest BCUT2D eigenvalue weighted by atomic mass is 10.1. The molecule has 0 saturated carbocycles. The van der Waals surface area contributed by atoms with Crippen molar-refractivity contribution in [1.29, 1.82) is 0 Å². The predicted molar refractivity (Wildman–Crippen MR) is 122 cm³/mol. The van der Waals surface area contributed by atoms with Crippen LogP contribution in [0.25, 0.3) is 0 Å². The van der Waals surface area contributed by atoms with Gasteiger partial charge in [-0.2, -0.15) is 0 Å². The van der Waals surface area contributed by atoms with Gasteiger partial charge < -0.3 is 19.3 Å². The van der Waals surface area contributed by atoms with Crippen molar-refractivity contribution < 1.29 is 18.7 Å². The third-order valence-electron chi connectivity index (χ3n) is 5.66. The summed E-state index contributed by atoms with van der Waals surface area (Å²) in [6.07, 6.45) is 0. The summed E-state index contributed by atoms with van der Waals surface area (Å²) >= 11 is 0. The van der Waals surface area contributed by atoms with Crippen molar-refractivity contribution in [3.63, 3.8) is 0 Å². The van der Waals surface area contributed by atoms with E-state index in [1.807, 2.05) is 58.3 Å². The Morgan fingerprint density at radius 2 is 1.62 bits per heavy atom. The number of halogens is 1. The van der Waals surface area contributed by atoms with Crippen molar-refractivity contribution in [2.45, 2.75) is 13.2 Å².